The maximum Gasteiger partial charge on any atom is 0.315 e. The van der Waals surface area contributed by atoms with E-state index in [1.807, 2.05) is 4.90 Å². The second-order valence-electron chi connectivity index (χ2n) is 7.10. The van der Waals surface area contributed by atoms with Gasteiger partial charge in [0.2, 0.25) is 5.91 Å². The smallest absolute Gasteiger partial charge is 0.315 e. The van der Waals surface area contributed by atoms with Crippen LogP contribution in [0.4, 0.5) is 4.79 Å². The molecule has 0 spiro atoms. The third-order valence-corrected chi connectivity index (χ3v) is 6.21. The number of hydrogen-bond acceptors (Lipinski definition) is 3. The van der Waals surface area contributed by atoms with Crippen molar-refractivity contribution in [2.75, 3.05) is 13.1 Å². The first-order chi connectivity index (χ1) is 12.2. The summed E-state index contributed by atoms with van der Waals surface area (Å²) in [5, 5.41) is 8.01. The number of hydrogen-bond donors (Lipinski definition) is 2. The largest absolute Gasteiger partial charge is 0.338 e. The van der Waals surface area contributed by atoms with Crippen molar-refractivity contribution < 1.29 is 9.59 Å². The fourth-order valence-corrected chi connectivity index (χ4v) is 4.78. The minimum atomic E-state index is -0.0861. The summed E-state index contributed by atoms with van der Waals surface area (Å²) in [6.45, 7) is 1.42. The van der Waals surface area contributed by atoms with Gasteiger partial charge in [0.1, 0.15) is 0 Å². The summed E-state index contributed by atoms with van der Waals surface area (Å²) in [6, 6.07) is 4.67. The van der Waals surface area contributed by atoms with Crippen LogP contribution in [0.5, 0.6) is 0 Å². The fraction of sp³-hybridized carbons (Fsp3) is 0.684. The number of amides is 3. The van der Waals surface area contributed by atoms with Gasteiger partial charge in [-0.2, -0.15) is 0 Å². The zero-order valence-electron chi connectivity index (χ0n) is 14.8. The Morgan fingerprint density at radius 3 is 2.76 bits per heavy atom. The standard InChI is InChI=1S/C19H29N3O2S/c23-18(22-13-5-9-16(22)17-10-6-14-25-17)11-4-12-20-19(24)21-15-7-2-1-3-8-15/h6,10,14-16H,1-5,7-9,11-13H2,(H2,20,21,24). The second kappa shape index (κ2) is 9.22. The highest BCUT2D eigenvalue weighted by atomic mass is 32.1. The third-order valence-electron chi connectivity index (χ3n) is 5.24. The van der Waals surface area contributed by atoms with E-state index in [9.17, 15) is 9.59 Å². The molecule has 0 radical (unpaired) electrons. The summed E-state index contributed by atoms with van der Waals surface area (Å²) in [4.78, 5) is 27.7. The first-order valence-corrected chi connectivity index (χ1v) is 10.5. The van der Waals surface area contributed by atoms with Crippen LogP contribution in [0.2, 0.25) is 0 Å². The van der Waals surface area contributed by atoms with E-state index >= 15 is 0 Å². The molecule has 2 N–H and O–H groups in total. The number of nitrogens with zero attached hydrogens (tertiary/aromatic N) is 1. The molecule has 0 bridgehead atoms. The Morgan fingerprint density at radius 1 is 1.16 bits per heavy atom. The minimum Gasteiger partial charge on any atom is -0.338 e. The van der Waals surface area contributed by atoms with Crippen LogP contribution in [0.25, 0.3) is 0 Å². The van der Waals surface area contributed by atoms with Crippen LogP contribution >= 0.6 is 11.3 Å². The van der Waals surface area contributed by atoms with E-state index in [1.165, 1.54) is 24.1 Å². The summed E-state index contributed by atoms with van der Waals surface area (Å²) < 4.78 is 0. The molecule has 3 amide bonds. The molecule has 1 aliphatic carbocycles. The maximum absolute atomic E-state index is 12.5. The molecular formula is C19H29N3O2S. The molecule has 1 aliphatic heterocycles. The number of likely N-dealkylation sites (tertiary alicyclic amines) is 1. The van der Waals surface area contributed by atoms with Gasteiger partial charge in [-0.05, 0) is 43.6 Å². The van der Waals surface area contributed by atoms with Crippen molar-refractivity contribution >= 4 is 23.3 Å². The molecule has 1 aromatic heterocycles. The van der Waals surface area contributed by atoms with Crippen molar-refractivity contribution in [3.63, 3.8) is 0 Å². The lowest BCUT2D eigenvalue weighted by molar-refractivity contribution is -0.132. The van der Waals surface area contributed by atoms with Crippen molar-refractivity contribution in [2.24, 2.45) is 0 Å². The van der Waals surface area contributed by atoms with Gasteiger partial charge in [0.25, 0.3) is 0 Å². The van der Waals surface area contributed by atoms with Crippen LogP contribution in [0.3, 0.4) is 0 Å². The number of thiophene rings is 1. The molecule has 2 heterocycles. The molecule has 1 saturated carbocycles. The van der Waals surface area contributed by atoms with Crippen LogP contribution in [-0.4, -0.2) is 36.0 Å². The summed E-state index contributed by atoms with van der Waals surface area (Å²) in [5.74, 6) is 0.213. The van der Waals surface area contributed by atoms with Crippen LogP contribution in [0.1, 0.15) is 68.7 Å². The molecule has 138 valence electrons. The first-order valence-electron chi connectivity index (χ1n) is 9.61. The van der Waals surface area contributed by atoms with Gasteiger partial charge in [-0.15, -0.1) is 11.3 Å². The molecule has 1 atom stereocenters. The van der Waals surface area contributed by atoms with E-state index in [0.29, 0.717) is 25.4 Å². The third kappa shape index (κ3) is 5.21. The van der Waals surface area contributed by atoms with Gasteiger partial charge in [-0.3, -0.25) is 4.79 Å². The van der Waals surface area contributed by atoms with E-state index in [1.54, 1.807) is 11.3 Å². The number of carbonyl (C=O) groups excluding carboxylic acids is 2. The van der Waals surface area contributed by atoms with Crippen LogP contribution in [0, 0.1) is 0 Å². The Balaban J connectivity index is 1.34. The van der Waals surface area contributed by atoms with Crippen molar-refractivity contribution in [1.29, 1.82) is 0 Å². The molecule has 1 aromatic rings. The van der Waals surface area contributed by atoms with Crippen molar-refractivity contribution in [1.82, 2.24) is 15.5 Å². The zero-order valence-corrected chi connectivity index (χ0v) is 15.7. The number of urea groups is 1. The molecular weight excluding hydrogens is 334 g/mol. The quantitative estimate of drug-likeness (QED) is 0.755. The molecule has 2 fully saturated rings. The van der Waals surface area contributed by atoms with E-state index in [2.05, 4.69) is 28.1 Å². The Labute approximate surface area is 154 Å². The molecule has 3 rings (SSSR count). The van der Waals surface area contributed by atoms with Crippen molar-refractivity contribution in [2.45, 2.75) is 69.9 Å². The lowest BCUT2D eigenvalue weighted by atomic mass is 9.96. The average molecular weight is 364 g/mol. The molecule has 5 nitrogen and oxygen atoms in total. The van der Waals surface area contributed by atoms with Crippen LogP contribution < -0.4 is 10.6 Å². The SMILES string of the molecule is O=C(NCCCC(=O)N1CCCC1c1cccs1)NC1CCCCC1. The molecule has 1 unspecified atom stereocenters. The Kier molecular flexibility index (Phi) is 6.73. The number of carbonyl (C=O) groups is 2. The van der Waals surface area contributed by atoms with Crippen LogP contribution in [-0.2, 0) is 4.79 Å². The fourth-order valence-electron chi connectivity index (χ4n) is 3.91. The van der Waals surface area contributed by atoms with Gasteiger partial charge in [0, 0.05) is 30.4 Å². The first kappa shape index (κ1) is 18.2. The molecule has 6 heteroatoms. The zero-order chi connectivity index (χ0) is 17.5. The highest BCUT2D eigenvalue weighted by Crippen LogP contribution is 2.34. The van der Waals surface area contributed by atoms with Crippen LogP contribution in [0.15, 0.2) is 17.5 Å². The van der Waals surface area contributed by atoms with Gasteiger partial charge in [-0.1, -0.05) is 25.3 Å². The molecule has 0 aromatic carbocycles. The lowest BCUT2D eigenvalue weighted by Crippen LogP contribution is -2.43. The maximum atomic E-state index is 12.5. The number of rotatable bonds is 6. The monoisotopic (exact) mass is 363 g/mol. The van der Waals surface area contributed by atoms with Crippen molar-refractivity contribution in [3.8, 4) is 0 Å². The Bertz CT molecular complexity index is 555. The van der Waals surface area contributed by atoms with E-state index < -0.39 is 0 Å². The Hall–Kier alpha value is -1.56. The predicted octanol–water partition coefficient (Wildman–Crippen LogP) is 3.82. The van der Waals surface area contributed by atoms with E-state index in [-0.39, 0.29) is 18.0 Å². The summed E-state index contributed by atoms with van der Waals surface area (Å²) in [7, 11) is 0. The van der Waals surface area contributed by atoms with Crippen molar-refractivity contribution in [3.05, 3.63) is 22.4 Å². The van der Waals surface area contributed by atoms with Gasteiger partial charge < -0.3 is 15.5 Å². The molecule has 2 aliphatic rings. The van der Waals surface area contributed by atoms with Gasteiger partial charge in [0.05, 0.1) is 6.04 Å². The van der Waals surface area contributed by atoms with Gasteiger partial charge in [0.15, 0.2) is 0 Å². The highest BCUT2D eigenvalue weighted by Gasteiger charge is 2.29. The minimum absolute atomic E-state index is 0.0861. The number of nitrogens with one attached hydrogen (secondary N) is 2. The highest BCUT2D eigenvalue weighted by molar-refractivity contribution is 7.10. The molecule has 25 heavy (non-hydrogen) atoms. The summed E-state index contributed by atoms with van der Waals surface area (Å²) >= 11 is 1.73. The topological polar surface area (TPSA) is 61.4 Å². The normalized spacial score (nSPS) is 21.3. The predicted molar refractivity (Wildman–Crippen MR) is 101 cm³/mol. The average Bonchev–Trinajstić information content (AvgIpc) is 3.30. The summed E-state index contributed by atoms with van der Waals surface area (Å²) in [5.41, 5.74) is 0. The van der Waals surface area contributed by atoms with E-state index in [0.717, 1.165) is 32.2 Å². The second-order valence-corrected chi connectivity index (χ2v) is 8.08. The van der Waals surface area contributed by atoms with Gasteiger partial charge in [-0.25, -0.2) is 4.79 Å². The lowest BCUT2D eigenvalue weighted by Gasteiger charge is -2.24. The summed E-state index contributed by atoms with van der Waals surface area (Å²) in [6.07, 6.45) is 9.23. The van der Waals surface area contributed by atoms with E-state index in [4.69, 9.17) is 0 Å². The van der Waals surface area contributed by atoms with Gasteiger partial charge >= 0.3 is 6.03 Å². The molecule has 1 saturated heterocycles. The Morgan fingerprint density at radius 2 is 2.00 bits per heavy atom.